The summed E-state index contributed by atoms with van der Waals surface area (Å²) in [4.78, 5) is 8.24. The van der Waals surface area contributed by atoms with E-state index in [1.807, 2.05) is 36.4 Å². The van der Waals surface area contributed by atoms with Crippen molar-refractivity contribution in [3.63, 3.8) is 0 Å². The summed E-state index contributed by atoms with van der Waals surface area (Å²) in [7, 11) is 0. The lowest BCUT2D eigenvalue weighted by molar-refractivity contribution is 0.485. The van der Waals surface area contributed by atoms with Gasteiger partial charge in [-0.05, 0) is 36.4 Å². The fourth-order valence-electron chi connectivity index (χ4n) is 1.80. The predicted molar refractivity (Wildman–Crippen MR) is 70.8 cm³/mol. The Balaban J connectivity index is 1.99. The maximum atomic E-state index is 8.70. The highest BCUT2D eigenvalue weighted by molar-refractivity contribution is 5.85. The van der Waals surface area contributed by atoms with Crippen LogP contribution in [0.1, 0.15) is 5.69 Å². The van der Waals surface area contributed by atoms with Crippen molar-refractivity contribution < 1.29 is 4.74 Å². The third kappa shape index (κ3) is 2.22. The van der Waals surface area contributed by atoms with Crippen molar-refractivity contribution in [1.29, 1.82) is 5.26 Å². The topological polar surface area (TPSA) is 58.8 Å². The van der Waals surface area contributed by atoms with Gasteiger partial charge < -0.3 is 4.74 Å². The molecule has 2 aromatic heterocycles. The normalized spacial score (nSPS) is 10.1. The monoisotopic (exact) mass is 247 g/mol. The van der Waals surface area contributed by atoms with Gasteiger partial charge in [0.1, 0.15) is 23.3 Å². The van der Waals surface area contributed by atoms with Gasteiger partial charge in [-0.2, -0.15) is 5.26 Å². The van der Waals surface area contributed by atoms with Crippen molar-refractivity contribution >= 4 is 10.9 Å². The Hall–Kier alpha value is -2.93. The highest BCUT2D eigenvalue weighted by atomic mass is 16.5. The number of nitrogens with zero attached hydrogens (tertiary/aromatic N) is 3. The Kier molecular flexibility index (Phi) is 2.79. The summed E-state index contributed by atoms with van der Waals surface area (Å²) >= 11 is 0. The first-order valence-electron chi connectivity index (χ1n) is 5.74. The first-order chi connectivity index (χ1) is 9.36. The van der Waals surface area contributed by atoms with Crippen molar-refractivity contribution in [3.8, 4) is 17.6 Å². The number of hydrogen-bond acceptors (Lipinski definition) is 4. The zero-order valence-electron chi connectivity index (χ0n) is 9.95. The van der Waals surface area contributed by atoms with E-state index in [0.717, 1.165) is 16.7 Å². The number of benzene rings is 1. The van der Waals surface area contributed by atoms with Crippen LogP contribution in [-0.2, 0) is 0 Å². The number of rotatable bonds is 2. The Morgan fingerprint density at radius 3 is 2.74 bits per heavy atom. The third-order valence-electron chi connectivity index (χ3n) is 2.68. The van der Waals surface area contributed by atoms with E-state index in [1.54, 1.807) is 18.3 Å². The summed E-state index contributed by atoms with van der Waals surface area (Å²) < 4.78 is 5.78. The molecule has 90 valence electrons. The van der Waals surface area contributed by atoms with E-state index < -0.39 is 0 Å². The van der Waals surface area contributed by atoms with Crippen molar-refractivity contribution in [3.05, 3.63) is 60.6 Å². The molecule has 1 aromatic carbocycles. The molecule has 3 aromatic rings. The summed E-state index contributed by atoms with van der Waals surface area (Å²) in [5.74, 6) is 1.31. The molecule has 19 heavy (non-hydrogen) atoms. The van der Waals surface area contributed by atoms with E-state index in [-0.39, 0.29) is 0 Å². The highest BCUT2D eigenvalue weighted by Gasteiger charge is 2.04. The SMILES string of the molecule is N#Cc1ccc(Oc2cccc3ncccc23)cn1. The minimum Gasteiger partial charge on any atom is -0.455 e. The quantitative estimate of drug-likeness (QED) is 0.697. The second kappa shape index (κ2) is 4.75. The molecule has 4 nitrogen and oxygen atoms in total. The molecule has 0 fully saturated rings. The van der Waals surface area contributed by atoms with E-state index in [2.05, 4.69) is 9.97 Å². The number of pyridine rings is 2. The molecule has 0 atom stereocenters. The first-order valence-corrected chi connectivity index (χ1v) is 5.74. The van der Waals surface area contributed by atoms with E-state index in [9.17, 15) is 0 Å². The van der Waals surface area contributed by atoms with Crippen LogP contribution < -0.4 is 4.74 Å². The molecule has 0 aliphatic heterocycles. The van der Waals surface area contributed by atoms with Gasteiger partial charge in [0.15, 0.2) is 0 Å². The lowest BCUT2D eigenvalue weighted by atomic mass is 10.2. The molecule has 2 heterocycles. The van der Waals surface area contributed by atoms with Gasteiger partial charge in [0, 0.05) is 11.6 Å². The summed E-state index contributed by atoms with van der Waals surface area (Å²) in [6, 6.07) is 14.8. The molecule has 0 spiro atoms. The molecular formula is C15H9N3O. The standard InChI is InChI=1S/C15H9N3O/c16-9-11-6-7-12(10-18-11)19-15-5-1-4-14-13(15)3-2-8-17-14/h1-8,10H. The number of ether oxygens (including phenoxy) is 1. The Morgan fingerprint density at radius 2 is 1.95 bits per heavy atom. The Bertz CT molecular complexity index is 755. The van der Waals surface area contributed by atoms with Gasteiger partial charge in [0.05, 0.1) is 11.7 Å². The summed E-state index contributed by atoms with van der Waals surface area (Å²) in [5.41, 5.74) is 1.24. The molecule has 0 radical (unpaired) electrons. The molecule has 0 aliphatic carbocycles. The van der Waals surface area contributed by atoms with Crippen LogP contribution in [0.5, 0.6) is 11.5 Å². The Morgan fingerprint density at radius 1 is 1.00 bits per heavy atom. The smallest absolute Gasteiger partial charge is 0.145 e. The van der Waals surface area contributed by atoms with Crippen LogP contribution in [0.4, 0.5) is 0 Å². The van der Waals surface area contributed by atoms with Crippen molar-refractivity contribution in [2.24, 2.45) is 0 Å². The lowest BCUT2D eigenvalue weighted by Crippen LogP contribution is -1.89. The van der Waals surface area contributed by atoms with Crippen molar-refractivity contribution in [2.75, 3.05) is 0 Å². The zero-order valence-corrected chi connectivity index (χ0v) is 9.95. The summed E-state index contributed by atoms with van der Waals surface area (Å²) in [6.45, 7) is 0. The second-order valence-electron chi connectivity index (χ2n) is 3.92. The molecule has 0 unspecified atom stereocenters. The van der Waals surface area contributed by atoms with Crippen molar-refractivity contribution in [1.82, 2.24) is 9.97 Å². The molecule has 0 saturated heterocycles. The largest absolute Gasteiger partial charge is 0.455 e. The number of fused-ring (bicyclic) bond motifs is 1. The molecule has 0 bridgehead atoms. The van der Waals surface area contributed by atoms with E-state index in [0.29, 0.717) is 11.4 Å². The van der Waals surface area contributed by atoms with Crippen molar-refractivity contribution in [2.45, 2.75) is 0 Å². The number of aromatic nitrogens is 2. The van der Waals surface area contributed by atoms with E-state index >= 15 is 0 Å². The van der Waals surface area contributed by atoms with Crippen LogP contribution in [0.15, 0.2) is 54.9 Å². The molecule has 4 heteroatoms. The van der Waals surface area contributed by atoms with Crippen LogP contribution in [0.25, 0.3) is 10.9 Å². The van der Waals surface area contributed by atoms with Gasteiger partial charge in [-0.25, -0.2) is 4.98 Å². The Labute approximate surface area is 109 Å². The van der Waals surface area contributed by atoms with E-state index in [4.69, 9.17) is 10.00 Å². The van der Waals surface area contributed by atoms with Gasteiger partial charge in [-0.1, -0.05) is 6.07 Å². The van der Waals surface area contributed by atoms with Gasteiger partial charge in [-0.15, -0.1) is 0 Å². The van der Waals surface area contributed by atoms with Crippen LogP contribution in [-0.4, -0.2) is 9.97 Å². The minimum atomic E-state index is 0.368. The minimum absolute atomic E-state index is 0.368. The molecule has 3 rings (SSSR count). The molecule has 0 saturated carbocycles. The summed E-state index contributed by atoms with van der Waals surface area (Å²) in [6.07, 6.45) is 3.28. The molecule has 0 N–H and O–H groups in total. The maximum absolute atomic E-state index is 8.70. The average Bonchev–Trinajstić information content (AvgIpc) is 2.48. The molecule has 0 amide bonds. The average molecular weight is 247 g/mol. The fourth-order valence-corrected chi connectivity index (χ4v) is 1.80. The lowest BCUT2D eigenvalue weighted by Gasteiger charge is -2.07. The predicted octanol–water partition coefficient (Wildman–Crippen LogP) is 3.29. The van der Waals surface area contributed by atoms with Crippen LogP contribution in [0.3, 0.4) is 0 Å². The second-order valence-corrected chi connectivity index (χ2v) is 3.92. The van der Waals surface area contributed by atoms with Gasteiger partial charge in [-0.3, -0.25) is 4.98 Å². The van der Waals surface area contributed by atoms with Gasteiger partial charge in [0.2, 0.25) is 0 Å². The zero-order chi connectivity index (χ0) is 13.1. The molecular weight excluding hydrogens is 238 g/mol. The van der Waals surface area contributed by atoms with Gasteiger partial charge >= 0.3 is 0 Å². The van der Waals surface area contributed by atoms with Crippen LogP contribution in [0.2, 0.25) is 0 Å². The number of hydrogen-bond donors (Lipinski definition) is 0. The fraction of sp³-hybridized carbons (Fsp3) is 0. The highest BCUT2D eigenvalue weighted by Crippen LogP contribution is 2.28. The van der Waals surface area contributed by atoms with Crippen LogP contribution >= 0.6 is 0 Å². The maximum Gasteiger partial charge on any atom is 0.145 e. The van der Waals surface area contributed by atoms with Gasteiger partial charge in [0.25, 0.3) is 0 Å². The van der Waals surface area contributed by atoms with Crippen LogP contribution in [0, 0.1) is 11.3 Å². The van der Waals surface area contributed by atoms with E-state index in [1.165, 1.54) is 6.20 Å². The summed E-state index contributed by atoms with van der Waals surface area (Å²) in [5, 5.41) is 9.64. The number of nitriles is 1. The third-order valence-corrected chi connectivity index (χ3v) is 2.68. The molecule has 0 aliphatic rings. The first kappa shape index (κ1) is 11.2.